The quantitative estimate of drug-likeness (QED) is 0.816. The third kappa shape index (κ3) is 3.66. The Hall–Kier alpha value is -2.21. The predicted octanol–water partition coefficient (Wildman–Crippen LogP) is 3.21. The third-order valence-electron chi connectivity index (χ3n) is 2.43. The van der Waals surface area contributed by atoms with Crippen molar-refractivity contribution < 1.29 is 17.6 Å². The van der Waals surface area contributed by atoms with Gasteiger partial charge in [0.15, 0.2) is 5.69 Å². The highest BCUT2D eigenvalue weighted by atomic mass is 32.1. The summed E-state index contributed by atoms with van der Waals surface area (Å²) in [6.45, 7) is -1.20. The van der Waals surface area contributed by atoms with Crippen LogP contribution < -0.4 is 4.90 Å². The number of alkyl halides is 3. The summed E-state index contributed by atoms with van der Waals surface area (Å²) >= 11 is 0.880. The normalized spacial score (nSPS) is 11.2. The molecular weight excluding hydrogens is 308 g/mol. The fourth-order valence-corrected chi connectivity index (χ4v) is 2.59. The van der Waals surface area contributed by atoms with E-state index in [0.29, 0.717) is 5.56 Å². The van der Waals surface area contributed by atoms with Gasteiger partial charge >= 0.3 is 6.18 Å². The van der Waals surface area contributed by atoms with Gasteiger partial charge in [-0.2, -0.15) is 18.4 Å². The molecule has 0 aliphatic carbocycles. The molecule has 0 aliphatic rings. The standard InChI is InChI=1S/C12H8F4N4S/c1-20(6-12(14,15)16)11-9(3-17)19-10(21-11)7-2-8(13)5-18-4-7/h2,4-5H,6H2,1H3. The molecule has 2 rings (SSSR count). The van der Waals surface area contributed by atoms with E-state index in [1.807, 2.05) is 0 Å². The number of nitriles is 1. The summed E-state index contributed by atoms with van der Waals surface area (Å²) < 4.78 is 50.3. The summed E-state index contributed by atoms with van der Waals surface area (Å²) in [7, 11) is 1.22. The van der Waals surface area contributed by atoms with Crippen LogP contribution in [0.2, 0.25) is 0 Å². The highest BCUT2D eigenvalue weighted by Gasteiger charge is 2.31. The van der Waals surface area contributed by atoms with E-state index >= 15 is 0 Å². The first-order chi connectivity index (χ1) is 9.80. The van der Waals surface area contributed by atoms with Gasteiger partial charge in [-0.05, 0) is 6.07 Å². The van der Waals surface area contributed by atoms with Crippen LogP contribution in [0.4, 0.5) is 22.6 Å². The molecular formula is C12H8F4N4S. The summed E-state index contributed by atoms with van der Waals surface area (Å²) in [6.07, 6.45) is -2.07. The Morgan fingerprint density at radius 2 is 2.10 bits per heavy atom. The van der Waals surface area contributed by atoms with Crippen molar-refractivity contribution in [2.45, 2.75) is 6.18 Å². The van der Waals surface area contributed by atoms with Gasteiger partial charge in [-0.1, -0.05) is 11.3 Å². The van der Waals surface area contributed by atoms with Crippen LogP contribution in [0.15, 0.2) is 18.5 Å². The molecule has 0 amide bonds. The molecule has 0 aliphatic heterocycles. The summed E-state index contributed by atoms with van der Waals surface area (Å²) in [4.78, 5) is 8.47. The molecule has 110 valence electrons. The molecule has 0 aromatic carbocycles. The SMILES string of the molecule is CN(CC(F)(F)F)c1sc(-c2cncc(F)c2)nc1C#N. The van der Waals surface area contributed by atoms with Gasteiger partial charge < -0.3 is 4.90 Å². The van der Waals surface area contributed by atoms with Gasteiger partial charge in [0.25, 0.3) is 0 Å². The largest absolute Gasteiger partial charge is 0.405 e. The minimum atomic E-state index is -4.40. The zero-order valence-electron chi connectivity index (χ0n) is 10.6. The lowest BCUT2D eigenvalue weighted by molar-refractivity contribution is -0.119. The fraction of sp³-hybridized carbons (Fsp3) is 0.250. The minimum absolute atomic E-state index is 0.0779. The van der Waals surface area contributed by atoms with Crippen molar-refractivity contribution >= 4 is 16.3 Å². The summed E-state index contributed by atoms with van der Waals surface area (Å²) in [5.41, 5.74) is 0.175. The Morgan fingerprint density at radius 3 is 2.67 bits per heavy atom. The number of hydrogen-bond acceptors (Lipinski definition) is 5. The van der Waals surface area contributed by atoms with Gasteiger partial charge in [0.05, 0.1) is 6.20 Å². The van der Waals surface area contributed by atoms with E-state index in [2.05, 4.69) is 9.97 Å². The first-order valence-corrected chi connectivity index (χ1v) is 6.41. The Morgan fingerprint density at radius 1 is 1.38 bits per heavy atom. The van der Waals surface area contributed by atoms with Crippen LogP contribution in [0.5, 0.6) is 0 Å². The van der Waals surface area contributed by atoms with Gasteiger partial charge in [-0.3, -0.25) is 4.98 Å². The van der Waals surface area contributed by atoms with Gasteiger partial charge in [-0.15, -0.1) is 0 Å². The van der Waals surface area contributed by atoms with Crippen LogP contribution in [0, 0.1) is 17.1 Å². The van der Waals surface area contributed by atoms with Crippen molar-refractivity contribution in [2.24, 2.45) is 0 Å². The number of rotatable bonds is 3. The highest BCUT2D eigenvalue weighted by molar-refractivity contribution is 7.19. The van der Waals surface area contributed by atoms with Gasteiger partial charge in [0.2, 0.25) is 0 Å². The second-order valence-electron chi connectivity index (χ2n) is 4.15. The first-order valence-electron chi connectivity index (χ1n) is 5.60. The van der Waals surface area contributed by atoms with E-state index in [4.69, 9.17) is 5.26 Å². The van der Waals surface area contributed by atoms with Crippen molar-refractivity contribution in [3.05, 3.63) is 30.0 Å². The van der Waals surface area contributed by atoms with E-state index in [9.17, 15) is 17.6 Å². The van der Waals surface area contributed by atoms with E-state index in [1.165, 1.54) is 13.2 Å². The van der Waals surface area contributed by atoms with E-state index in [-0.39, 0.29) is 15.7 Å². The summed E-state index contributed by atoms with van der Waals surface area (Å²) in [5.74, 6) is -0.591. The minimum Gasteiger partial charge on any atom is -0.355 e. The van der Waals surface area contributed by atoms with Crippen LogP contribution in [-0.4, -0.2) is 29.7 Å². The number of pyridine rings is 1. The summed E-state index contributed by atoms with van der Waals surface area (Å²) in [5, 5.41) is 9.29. The third-order valence-corrected chi connectivity index (χ3v) is 3.65. The maximum absolute atomic E-state index is 13.1. The molecule has 0 atom stereocenters. The molecule has 9 heteroatoms. The lowest BCUT2D eigenvalue weighted by Gasteiger charge is -2.18. The van der Waals surface area contributed by atoms with Gasteiger partial charge in [0.1, 0.15) is 28.4 Å². The smallest absolute Gasteiger partial charge is 0.355 e. The number of thiazole rings is 1. The molecule has 0 fully saturated rings. The van der Waals surface area contributed by atoms with Crippen LogP contribution in [0.25, 0.3) is 10.6 Å². The van der Waals surface area contributed by atoms with E-state index in [1.54, 1.807) is 6.07 Å². The molecule has 0 unspecified atom stereocenters. The Kier molecular flexibility index (Phi) is 4.09. The Bertz CT molecular complexity index is 689. The number of anilines is 1. The molecule has 2 aromatic rings. The maximum atomic E-state index is 13.1. The first kappa shape index (κ1) is 15.2. The number of halogens is 4. The molecule has 21 heavy (non-hydrogen) atoms. The molecule has 0 radical (unpaired) electrons. The molecule has 0 saturated heterocycles. The molecule has 0 bridgehead atoms. The van der Waals surface area contributed by atoms with Crippen LogP contribution in [-0.2, 0) is 0 Å². The fourth-order valence-electron chi connectivity index (χ4n) is 1.64. The Balaban J connectivity index is 2.38. The van der Waals surface area contributed by atoms with Crippen LogP contribution in [0.3, 0.4) is 0 Å². The second kappa shape index (κ2) is 5.65. The Labute approximate surface area is 121 Å². The van der Waals surface area contributed by atoms with Crippen molar-refractivity contribution in [2.75, 3.05) is 18.5 Å². The lowest BCUT2D eigenvalue weighted by atomic mass is 10.3. The zero-order chi connectivity index (χ0) is 15.6. The average molecular weight is 316 g/mol. The zero-order valence-corrected chi connectivity index (χ0v) is 11.5. The van der Waals surface area contributed by atoms with E-state index < -0.39 is 18.5 Å². The molecule has 0 spiro atoms. The molecule has 4 nitrogen and oxygen atoms in total. The van der Waals surface area contributed by atoms with Crippen molar-refractivity contribution in [1.29, 1.82) is 5.26 Å². The van der Waals surface area contributed by atoms with Crippen LogP contribution >= 0.6 is 11.3 Å². The lowest BCUT2D eigenvalue weighted by Crippen LogP contribution is -2.30. The van der Waals surface area contributed by atoms with Crippen molar-refractivity contribution in [1.82, 2.24) is 9.97 Å². The summed E-state index contributed by atoms with van der Waals surface area (Å²) in [6, 6.07) is 2.90. The predicted molar refractivity (Wildman–Crippen MR) is 69.3 cm³/mol. The van der Waals surface area contributed by atoms with Crippen molar-refractivity contribution in [3.8, 4) is 16.6 Å². The molecule has 0 N–H and O–H groups in total. The van der Waals surface area contributed by atoms with Gasteiger partial charge in [-0.25, -0.2) is 9.37 Å². The number of nitrogens with zero attached hydrogens (tertiary/aromatic N) is 4. The van der Waals surface area contributed by atoms with Crippen molar-refractivity contribution in [3.63, 3.8) is 0 Å². The maximum Gasteiger partial charge on any atom is 0.405 e. The number of aromatic nitrogens is 2. The topological polar surface area (TPSA) is 52.8 Å². The monoisotopic (exact) mass is 316 g/mol. The van der Waals surface area contributed by atoms with E-state index in [0.717, 1.165) is 28.5 Å². The molecule has 2 heterocycles. The second-order valence-corrected chi connectivity index (χ2v) is 5.13. The number of hydrogen-bond donors (Lipinski definition) is 0. The highest BCUT2D eigenvalue weighted by Crippen LogP contribution is 2.35. The van der Waals surface area contributed by atoms with Crippen LogP contribution in [0.1, 0.15) is 5.69 Å². The molecule has 0 saturated carbocycles. The average Bonchev–Trinajstić information content (AvgIpc) is 2.81. The van der Waals surface area contributed by atoms with Gasteiger partial charge in [0, 0.05) is 18.8 Å². The molecule has 2 aromatic heterocycles.